The molecule has 0 unspecified atom stereocenters. The summed E-state index contributed by atoms with van der Waals surface area (Å²) in [5.41, 5.74) is 2.86. The Balaban J connectivity index is 1.84. The van der Waals surface area contributed by atoms with Gasteiger partial charge in [0.1, 0.15) is 5.65 Å². The molecule has 0 aliphatic rings. The zero-order valence-electron chi connectivity index (χ0n) is 13.7. The fourth-order valence-corrected chi connectivity index (χ4v) is 2.88. The summed E-state index contributed by atoms with van der Waals surface area (Å²) < 4.78 is 1.82. The number of aromatic nitrogens is 2. The second-order valence-corrected chi connectivity index (χ2v) is 6.39. The standard InChI is InChI=1S/C18H16Cl2N4O/c1-23(2)14-7-6-12(19)11-13(14)21-17(25)9-8-15-18(20)22-16-5-3-4-10-24(15)16/h3-11H,1-2H3,(H,21,25)/b9-8+. The van der Waals surface area contributed by atoms with Crippen LogP contribution in [0.4, 0.5) is 11.4 Å². The molecule has 0 saturated heterocycles. The van der Waals surface area contributed by atoms with Gasteiger partial charge in [-0.15, -0.1) is 0 Å². The molecule has 0 spiro atoms. The predicted octanol–water partition coefficient (Wildman–Crippen LogP) is 4.36. The molecule has 2 aromatic heterocycles. The molecule has 0 aliphatic heterocycles. The van der Waals surface area contributed by atoms with Gasteiger partial charge < -0.3 is 10.2 Å². The molecule has 0 aliphatic carbocycles. The minimum absolute atomic E-state index is 0.285. The highest BCUT2D eigenvalue weighted by molar-refractivity contribution is 6.31. The van der Waals surface area contributed by atoms with Crippen LogP contribution in [0.1, 0.15) is 5.69 Å². The first-order valence-corrected chi connectivity index (χ1v) is 8.30. The van der Waals surface area contributed by atoms with Crippen molar-refractivity contribution in [1.29, 1.82) is 0 Å². The molecular weight excluding hydrogens is 359 g/mol. The normalized spacial score (nSPS) is 11.2. The first-order valence-electron chi connectivity index (χ1n) is 7.54. The largest absolute Gasteiger partial charge is 0.376 e. The highest BCUT2D eigenvalue weighted by Crippen LogP contribution is 2.28. The monoisotopic (exact) mass is 374 g/mol. The van der Waals surface area contributed by atoms with Crippen molar-refractivity contribution >= 4 is 52.2 Å². The first-order chi connectivity index (χ1) is 12.0. The third kappa shape index (κ3) is 3.78. The highest BCUT2D eigenvalue weighted by atomic mass is 35.5. The fourth-order valence-electron chi connectivity index (χ4n) is 2.46. The van der Waals surface area contributed by atoms with Gasteiger partial charge >= 0.3 is 0 Å². The van der Waals surface area contributed by atoms with Gasteiger partial charge in [0.05, 0.1) is 17.1 Å². The van der Waals surface area contributed by atoms with Crippen LogP contribution in [0.25, 0.3) is 11.7 Å². The number of nitrogens with one attached hydrogen (secondary N) is 1. The molecule has 2 heterocycles. The third-order valence-corrected chi connectivity index (χ3v) is 4.13. The van der Waals surface area contributed by atoms with Crippen molar-refractivity contribution in [2.45, 2.75) is 0 Å². The summed E-state index contributed by atoms with van der Waals surface area (Å²) >= 11 is 12.2. The summed E-state index contributed by atoms with van der Waals surface area (Å²) in [4.78, 5) is 18.5. The molecule has 128 valence electrons. The fraction of sp³-hybridized carbons (Fsp3) is 0.111. The number of benzene rings is 1. The number of amides is 1. The SMILES string of the molecule is CN(C)c1ccc(Cl)cc1NC(=O)/C=C/c1c(Cl)nc2ccccn12. The molecule has 0 radical (unpaired) electrons. The van der Waals surface area contributed by atoms with Crippen LogP contribution in [0.3, 0.4) is 0 Å². The van der Waals surface area contributed by atoms with Crippen molar-refractivity contribution in [3.05, 3.63) is 64.5 Å². The number of hydrogen-bond acceptors (Lipinski definition) is 3. The molecule has 0 atom stereocenters. The van der Waals surface area contributed by atoms with Crippen LogP contribution >= 0.6 is 23.2 Å². The number of hydrogen-bond donors (Lipinski definition) is 1. The van der Waals surface area contributed by atoms with Gasteiger partial charge in [0.25, 0.3) is 0 Å². The van der Waals surface area contributed by atoms with Crippen LogP contribution in [0.5, 0.6) is 0 Å². The summed E-state index contributed by atoms with van der Waals surface area (Å²) in [6, 6.07) is 10.9. The van der Waals surface area contributed by atoms with E-state index in [1.165, 1.54) is 6.08 Å². The van der Waals surface area contributed by atoms with Gasteiger partial charge in [-0.3, -0.25) is 9.20 Å². The van der Waals surface area contributed by atoms with E-state index in [1.54, 1.807) is 18.2 Å². The summed E-state index contributed by atoms with van der Waals surface area (Å²) in [6.45, 7) is 0. The molecule has 3 rings (SSSR count). The lowest BCUT2D eigenvalue weighted by molar-refractivity contribution is -0.111. The van der Waals surface area contributed by atoms with E-state index >= 15 is 0 Å². The lowest BCUT2D eigenvalue weighted by Gasteiger charge is -2.17. The second-order valence-electron chi connectivity index (χ2n) is 5.60. The molecular formula is C18H16Cl2N4O. The maximum atomic E-state index is 12.3. The van der Waals surface area contributed by atoms with E-state index in [4.69, 9.17) is 23.2 Å². The lowest BCUT2D eigenvalue weighted by Crippen LogP contribution is -2.15. The van der Waals surface area contributed by atoms with Gasteiger partial charge in [-0.25, -0.2) is 4.98 Å². The number of rotatable bonds is 4. The summed E-state index contributed by atoms with van der Waals surface area (Å²) in [5, 5.41) is 3.73. The van der Waals surface area contributed by atoms with Crippen LogP contribution in [-0.2, 0) is 4.79 Å². The van der Waals surface area contributed by atoms with Gasteiger partial charge in [0.2, 0.25) is 5.91 Å². The number of fused-ring (bicyclic) bond motifs is 1. The Morgan fingerprint density at radius 2 is 2.04 bits per heavy atom. The zero-order valence-corrected chi connectivity index (χ0v) is 15.2. The Labute approximate surface area is 155 Å². The molecule has 0 fully saturated rings. The van der Waals surface area contributed by atoms with Gasteiger partial charge in [-0.2, -0.15) is 0 Å². The average Bonchev–Trinajstić information content (AvgIpc) is 2.88. The van der Waals surface area contributed by atoms with Crippen molar-refractivity contribution in [2.75, 3.05) is 24.3 Å². The zero-order chi connectivity index (χ0) is 18.0. The topological polar surface area (TPSA) is 49.6 Å². The van der Waals surface area contributed by atoms with Crippen molar-refractivity contribution in [3.63, 3.8) is 0 Å². The Bertz CT molecular complexity index is 963. The van der Waals surface area contributed by atoms with E-state index in [1.807, 2.05) is 53.9 Å². The van der Waals surface area contributed by atoms with Crippen LogP contribution in [-0.4, -0.2) is 29.4 Å². The summed E-state index contributed by atoms with van der Waals surface area (Å²) in [7, 11) is 3.79. The molecule has 25 heavy (non-hydrogen) atoms. The van der Waals surface area contributed by atoms with Gasteiger partial charge in [0, 0.05) is 31.4 Å². The van der Waals surface area contributed by atoms with Gasteiger partial charge in [-0.1, -0.05) is 29.3 Å². The Morgan fingerprint density at radius 3 is 2.80 bits per heavy atom. The predicted molar refractivity (Wildman–Crippen MR) is 104 cm³/mol. The van der Waals surface area contributed by atoms with E-state index in [-0.39, 0.29) is 5.91 Å². The number of pyridine rings is 1. The smallest absolute Gasteiger partial charge is 0.248 e. The molecule has 3 aromatic rings. The lowest BCUT2D eigenvalue weighted by atomic mass is 10.2. The van der Waals surface area contributed by atoms with E-state index in [2.05, 4.69) is 10.3 Å². The Morgan fingerprint density at radius 1 is 1.24 bits per heavy atom. The summed E-state index contributed by atoms with van der Waals surface area (Å²) in [5.74, 6) is -0.285. The maximum absolute atomic E-state index is 12.3. The molecule has 1 N–H and O–H groups in total. The molecule has 5 nitrogen and oxygen atoms in total. The summed E-state index contributed by atoms with van der Waals surface area (Å²) in [6.07, 6.45) is 4.90. The molecule has 0 bridgehead atoms. The highest BCUT2D eigenvalue weighted by Gasteiger charge is 2.10. The number of carbonyl (C=O) groups excluding carboxylic acids is 1. The van der Waals surface area contributed by atoms with E-state index in [0.717, 1.165) is 11.3 Å². The third-order valence-electron chi connectivity index (χ3n) is 3.61. The minimum atomic E-state index is -0.285. The minimum Gasteiger partial charge on any atom is -0.376 e. The van der Waals surface area contributed by atoms with Crippen LogP contribution in [0, 0.1) is 0 Å². The van der Waals surface area contributed by atoms with Crippen LogP contribution in [0.2, 0.25) is 10.2 Å². The van der Waals surface area contributed by atoms with E-state index in [0.29, 0.717) is 21.6 Å². The van der Waals surface area contributed by atoms with Crippen LogP contribution in [0.15, 0.2) is 48.7 Å². The van der Waals surface area contributed by atoms with Gasteiger partial charge in [0.15, 0.2) is 5.15 Å². The quantitative estimate of drug-likeness (QED) is 0.690. The first kappa shape index (κ1) is 17.3. The Kier molecular flexibility index (Phi) is 4.97. The molecule has 7 heteroatoms. The van der Waals surface area contributed by atoms with E-state index in [9.17, 15) is 4.79 Å². The van der Waals surface area contributed by atoms with Crippen molar-refractivity contribution in [1.82, 2.24) is 9.38 Å². The maximum Gasteiger partial charge on any atom is 0.248 e. The number of halogens is 2. The van der Waals surface area contributed by atoms with Gasteiger partial charge in [-0.05, 0) is 36.4 Å². The number of carbonyl (C=O) groups is 1. The van der Waals surface area contributed by atoms with E-state index < -0.39 is 0 Å². The number of imidazole rings is 1. The number of anilines is 2. The second kappa shape index (κ2) is 7.17. The van der Waals surface area contributed by atoms with Crippen molar-refractivity contribution in [2.24, 2.45) is 0 Å². The number of nitrogens with zero attached hydrogens (tertiary/aromatic N) is 3. The van der Waals surface area contributed by atoms with Crippen LogP contribution < -0.4 is 10.2 Å². The van der Waals surface area contributed by atoms with Crippen molar-refractivity contribution < 1.29 is 4.79 Å². The molecule has 0 saturated carbocycles. The molecule has 1 aromatic carbocycles. The Hall–Kier alpha value is -2.50. The van der Waals surface area contributed by atoms with Crippen molar-refractivity contribution in [3.8, 4) is 0 Å². The average molecular weight is 375 g/mol. The molecule has 1 amide bonds.